The standard InChI is InChI=1S/C7H14O2.CH4/c1-5(2)7(8)9-6(3)4;/h5-6H,1-4H3;1H4. The quantitative estimate of drug-likeness (QED) is 0.558. The molecule has 0 aromatic carbocycles. The predicted octanol–water partition coefficient (Wildman–Crippen LogP) is 2.23. The van der Waals surface area contributed by atoms with Gasteiger partial charge in [0, 0.05) is 0 Å². The van der Waals surface area contributed by atoms with Gasteiger partial charge in [-0.2, -0.15) is 0 Å². The lowest BCUT2D eigenvalue weighted by Gasteiger charge is -2.08. The maximum absolute atomic E-state index is 10.7. The zero-order chi connectivity index (χ0) is 7.44. The third-order valence-corrected chi connectivity index (χ3v) is 0.823. The maximum atomic E-state index is 10.7. The first-order chi connectivity index (χ1) is 4.04. The van der Waals surface area contributed by atoms with Gasteiger partial charge in [0.1, 0.15) is 0 Å². The summed E-state index contributed by atoms with van der Waals surface area (Å²) in [6, 6.07) is 0. The van der Waals surface area contributed by atoms with Crippen molar-refractivity contribution in [2.24, 2.45) is 5.92 Å². The highest BCUT2D eigenvalue weighted by Gasteiger charge is 2.08. The third kappa shape index (κ3) is 5.60. The van der Waals surface area contributed by atoms with E-state index in [0.717, 1.165) is 0 Å². The van der Waals surface area contributed by atoms with Gasteiger partial charge in [0.2, 0.25) is 0 Å². The molecule has 0 rings (SSSR count). The van der Waals surface area contributed by atoms with Gasteiger partial charge in [-0.25, -0.2) is 0 Å². The number of ether oxygens (including phenoxy) is 1. The zero-order valence-corrected chi connectivity index (χ0v) is 6.47. The SMILES string of the molecule is C.CC(C)OC(=O)C(C)C. The summed E-state index contributed by atoms with van der Waals surface area (Å²) in [6.45, 7) is 7.34. The fourth-order valence-corrected chi connectivity index (χ4v) is 0.368. The molecule has 0 aliphatic rings. The predicted molar refractivity (Wildman–Crippen MR) is 42.8 cm³/mol. The second-order valence-electron chi connectivity index (χ2n) is 2.64. The minimum Gasteiger partial charge on any atom is -0.463 e. The van der Waals surface area contributed by atoms with E-state index in [1.54, 1.807) is 0 Å². The van der Waals surface area contributed by atoms with Crippen LogP contribution in [0.2, 0.25) is 0 Å². The Labute approximate surface area is 63.6 Å². The van der Waals surface area contributed by atoms with Gasteiger partial charge in [-0.3, -0.25) is 4.79 Å². The van der Waals surface area contributed by atoms with Gasteiger partial charge in [0.05, 0.1) is 12.0 Å². The number of esters is 1. The van der Waals surface area contributed by atoms with Crippen molar-refractivity contribution in [3.63, 3.8) is 0 Å². The molecule has 0 amide bonds. The van der Waals surface area contributed by atoms with E-state index in [1.807, 2.05) is 27.7 Å². The number of hydrogen-bond donors (Lipinski definition) is 0. The molecule has 0 spiro atoms. The highest BCUT2D eigenvalue weighted by molar-refractivity contribution is 5.71. The molecule has 0 radical (unpaired) electrons. The fraction of sp³-hybridized carbons (Fsp3) is 0.875. The van der Waals surface area contributed by atoms with Crippen LogP contribution in [0.15, 0.2) is 0 Å². The fourth-order valence-electron chi connectivity index (χ4n) is 0.368. The molecule has 0 fully saturated rings. The summed E-state index contributed by atoms with van der Waals surface area (Å²) in [7, 11) is 0. The van der Waals surface area contributed by atoms with E-state index in [4.69, 9.17) is 4.74 Å². The summed E-state index contributed by atoms with van der Waals surface area (Å²) >= 11 is 0. The molecule has 0 aliphatic heterocycles. The Hall–Kier alpha value is -0.530. The van der Waals surface area contributed by atoms with Crippen molar-refractivity contribution in [1.82, 2.24) is 0 Å². The molecule has 0 unspecified atom stereocenters. The van der Waals surface area contributed by atoms with Crippen LogP contribution in [0.1, 0.15) is 35.1 Å². The van der Waals surface area contributed by atoms with Crippen LogP contribution in [0.5, 0.6) is 0 Å². The Morgan fingerprint density at radius 1 is 1.20 bits per heavy atom. The Kier molecular flexibility index (Phi) is 6.42. The molecule has 0 aromatic rings. The summed E-state index contributed by atoms with van der Waals surface area (Å²) in [6.07, 6.45) is 0.0138. The molecule has 62 valence electrons. The Bertz CT molecular complexity index is 95.4. The molecule has 0 saturated carbocycles. The van der Waals surface area contributed by atoms with E-state index in [0.29, 0.717) is 0 Å². The molecule has 2 nitrogen and oxygen atoms in total. The van der Waals surface area contributed by atoms with Crippen molar-refractivity contribution in [2.45, 2.75) is 41.2 Å². The van der Waals surface area contributed by atoms with Crippen LogP contribution in [0.4, 0.5) is 0 Å². The van der Waals surface area contributed by atoms with Crippen molar-refractivity contribution in [3.05, 3.63) is 0 Å². The normalized spacial score (nSPS) is 9.40. The van der Waals surface area contributed by atoms with Gasteiger partial charge in [-0.05, 0) is 13.8 Å². The minimum absolute atomic E-state index is 0. The minimum atomic E-state index is -0.120. The second kappa shape index (κ2) is 5.27. The third-order valence-electron chi connectivity index (χ3n) is 0.823. The number of rotatable bonds is 2. The lowest BCUT2D eigenvalue weighted by molar-refractivity contribution is -0.151. The monoisotopic (exact) mass is 146 g/mol. The number of hydrogen-bond acceptors (Lipinski definition) is 2. The molecular formula is C8H18O2. The number of carbonyl (C=O) groups is 1. The van der Waals surface area contributed by atoms with E-state index in [-0.39, 0.29) is 25.4 Å². The van der Waals surface area contributed by atoms with Crippen molar-refractivity contribution < 1.29 is 9.53 Å². The first kappa shape index (κ1) is 12.2. The average Bonchev–Trinajstić information content (AvgIpc) is 1.63. The largest absolute Gasteiger partial charge is 0.463 e. The van der Waals surface area contributed by atoms with E-state index in [9.17, 15) is 4.79 Å². The highest BCUT2D eigenvalue weighted by Crippen LogP contribution is 1.98. The van der Waals surface area contributed by atoms with Crippen LogP contribution in [0.25, 0.3) is 0 Å². The van der Waals surface area contributed by atoms with Crippen LogP contribution >= 0.6 is 0 Å². The summed E-state index contributed by atoms with van der Waals surface area (Å²) < 4.78 is 4.87. The first-order valence-electron chi connectivity index (χ1n) is 3.24. The Morgan fingerprint density at radius 2 is 1.60 bits per heavy atom. The van der Waals surface area contributed by atoms with Crippen LogP contribution in [0, 0.1) is 5.92 Å². The Morgan fingerprint density at radius 3 is 1.70 bits per heavy atom. The number of carbonyl (C=O) groups excluding carboxylic acids is 1. The van der Waals surface area contributed by atoms with Gasteiger partial charge < -0.3 is 4.74 Å². The van der Waals surface area contributed by atoms with Gasteiger partial charge in [-0.1, -0.05) is 21.3 Å². The molecular weight excluding hydrogens is 128 g/mol. The molecule has 2 heteroatoms. The zero-order valence-electron chi connectivity index (χ0n) is 6.47. The van der Waals surface area contributed by atoms with Crippen LogP contribution < -0.4 is 0 Å². The van der Waals surface area contributed by atoms with E-state index in [1.165, 1.54) is 0 Å². The van der Waals surface area contributed by atoms with Crippen LogP contribution in [0.3, 0.4) is 0 Å². The molecule has 0 bridgehead atoms. The molecule has 0 saturated heterocycles. The van der Waals surface area contributed by atoms with E-state index < -0.39 is 0 Å². The molecule has 0 N–H and O–H groups in total. The Balaban J connectivity index is 0. The molecule has 0 aliphatic carbocycles. The van der Waals surface area contributed by atoms with Gasteiger partial charge in [0.15, 0.2) is 0 Å². The van der Waals surface area contributed by atoms with Crippen LogP contribution in [-0.2, 0) is 9.53 Å². The van der Waals surface area contributed by atoms with Gasteiger partial charge in [0.25, 0.3) is 0 Å². The summed E-state index contributed by atoms with van der Waals surface area (Å²) in [5.74, 6) is -0.127. The molecule has 0 heterocycles. The maximum Gasteiger partial charge on any atom is 0.308 e. The van der Waals surface area contributed by atoms with Gasteiger partial charge >= 0.3 is 5.97 Å². The average molecular weight is 146 g/mol. The van der Waals surface area contributed by atoms with E-state index in [2.05, 4.69) is 0 Å². The molecule has 0 atom stereocenters. The summed E-state index contributed by atoms with van der Waals surface area (Å²) in [4.78, 5) is 10.7. The van der Waals surface area contributed by atoms with Crippen molar-refractivity contribution in [2.75, 3.05) is 0 Å². The summed E-state index contributed by atoms with van der Waals surface area (Å²) in [5, 5.41) is 0. The van der Waals surface area contributed by atoms with Crippen molar-refractivity contribution >= 4 is 5.97 Å². The smallest absolute Gasteiger partial charge is 0.308 e. The van der Waals surface area contributed by atoms with Gasteiger partial charge in [-0.15, -0.1) is 0 Å². The van der Waals surface area contributed by atoms with Crippen molar-refractivity contribution in [3.8, 4) is 0 Å². The second-order valence-corrected chi connectivity index (χ2v) is 2.64. The lowest BCUT2D eigenvalue weighted by Crippen LogP contribution is -2.16. The lowest BCUT2D eigenvalue weighted by atomic mass is 10.2. The topological polar surface area (TPSA) is 26.3 Å². The van der Waals surface area contributed by atoms with Crippen molar-refractivity contribution in [1.29, 1.82) is 0 Å². The van der Waals surface area contributed by atoms with E-state index >= 15 is 0 Å². The first-order valence-corrected chi connectivity index (χ1v) is 3.24. The molecule has 0 aromatic heterocycles. The summed E-state index contributed by atoms with van der Waals surface area (Å²) in [5.41, 5.74) is 0. The van der Waals surface area contributed by atoms with Crippen LogP contribution in [-0.4, -0.2) is 12.1 Å². The molecule has 10 heavy (non-hydrogen) atoms. The highest BCUT2D eigenvalue weighted by atomic mass is 16.5.